The number of fused-ring (bicyclic) bond motifs is 3. The molecule has 0 atom stereocenters. The Balaban J connectivity index is 1.28. The monoisotopic (exact) mass is 702 g/mol. The van der Waals surface area contributed by atoms with E-state index in [4.69, 9.17) is 15.0 Å². The predicted octanol–water partition coefficient (Wildman–Crippen LogP) is 13.0. The van der Waals surface area contributed by atoms with Crippen molar-refractivity contribution in [1.29, 1.82) is 0 Å². The minimum absolute atomic E-state index is 0.603. The molecule has 4 heteroatoms. The van der Waals surface area contributed by atoms with Gasteiger partial charge in [-0.3, -0.25) is 0 Å². The summed E-state index contributed by atoms with van der Waals surface area (Å²) in [6, 6.07) is 72.2. The van der Waals surface area contributed by atoms with Crippen LogP contribution in [0.5, 0.6) is 0 Å². The molecule has 0 spiro atoms. The van der Waals surface area contributed by atoms with Gasteiger partial charge in [0.1, 0.15) is 0 Å². The highest BCUT2D eigenvalue weighted by Crippen LogP contribution is 2.41. The van der Waals surface area contributed by atoms with E-state index in [1.807, 2.05) is 24.3 Å². The molecule has 4 nitrogen and oxygen atoms in total. The average Bonchev–Trinajstić information content (AvgIpc) is 3.62. The van der Waals surface area contributed by atoms with Crippen LogP contribution in [0.2, 0.25) is 0 Å². The standard InChI is InChI=1S/C51H34N4/c1-5-17-35(18-6-1)39-25-15-26-41(33-39)50-52-49(38-23-11-4-12-24-38)53-51(54-50)45-32-31-40(36-19-7-2-8-20-36)34-47(45)55-46-30-14-13-27-43(46)44-29-16-28-42(48(44)55)37-21-9-3-10-22-37/h1-34H. The Morgan fingerprint density at radius 3 is 1.47 bits per heavy atom. The number of para-hydroxylation sites is 2. The van der Waals surface area contributed by atoms with Crippen molar-refractivity contribution in [3.8, 4) is 73.2 Å². The third-order valence-electron chi connectivity index (χ3n) is 10.3. The summed E-state index contributed by atoms with van der Waals surface area (Å²) in [6.07, 6.45) is 0. The summed E-state index contributed by atoms with van der Waals surface area (Å²) in [5.41, 5.74) is 12.8. The first kappa shape index (κ1) is 32.2. The lowest BCUT2D eigenvalue weighted by Gasteiger charge is -2.18. The summed E-state index contributed by atoms with van der Waals surface area (Å²) in [7, 11) is 0. The Labute approximate surface area is 319 Å². The molecule has 258 valence electrons. The van der Waals surface area contributed by atoms with E-state index in [1.165, 1.54) is 10.8 Å². The van der Waals surface area contributed by atoms with Crippen molar-refractivity contribution in [3.63, 3.8) is 0 Å². The van der Waals surface area contributed by atoms with Crippen LogP contribution in [0, 0.1) is 0 Å². The molecular weight excluding hydrogens is 669 g/mol. The zero-order valence-electron chi connectivity index (χ0n) is 29.9. The van der Waals surface area contributed by atoms with Crippen LogP contribution < -0.4 is 0 Å². The zero-order chi connectivity index (χ0) is 36.6. The number of rotatable bonds is 7. The largest absolute Gasteiger partial charge is 0.308 e. The van der Waals surface area contributed by atoms with Crippen molar-refractivity contribution in [2.45, 2.75) is 0 Å². The van der Waals surface area contributed by atoms with Crippen molar-refractivity contribution in [2.24, 2.45) is 0 Å². The van der Waals surface area contributed by atoms with Gasteiger partial charge in [0.15, 0.2) is 17.5 Å². The van der Waals surface area contributed by atoms with Gasteiger partial charge in [0.25, 0.3) is 0 Å². The van der Waals surface area contributed by atoms with Gasteiger partial charge >= 0.3 is 0 Å². The second-order valence-electron chi connectivity index (χ2n) is 13.6. The van der Waals surface area contributed by atoms with Gasteiger partial charge in [-0.15, -0.1) is 0 Å². The van der Waals surface area contributed by atoms with Crippen LogP contribution in [-0.4, -0.2) is 19.5 Å². The van der Waals surface area contributed by atoms with Crippen molar-refractivity contribution >= 4 is 21.8 Å². The molecule has 0 bridgehead atoms. The van der Waals surface area contributed by atoms with Crippen LogP contribution in [-0.2, 0) is 0 Å². The highest BCUT2D eigenvalue weighted by Gasteiger charge is 2.22. The number of aromatic nitrogens is 4. The van der Waals surface area contributed by atoms with Gasteiger partial charge in [0, 0.05) is 33.0 Å². The quantitative estimate of drug-likeness (QED) is 0.166. The minimum Gasteiger partial charge on any atom is -0.308 e. The molecule has 0 aliphatic rings. The van der Waals surface area contributed by atoms with Gasteiger partial charge in [-0.25, -0.2) is 15.0 Å². The van der Waals surface area contributed by atoms with E-state index in [9.17, 15) is 0 Å². The SMILES string of the molecule is c1ccc(-c2cccc(-c3nc(-c4ccccc4)nc(-c4ccc(-c5ccccc5)cc4-n4c5ccccc5c5cccc(-c6ccccc6)c54)n3)c2)cc1. The summed E-state index contributed by atoms with van der Waals surface area (Å²) in [5.74, 6) is 1.84. The van der Waals surface area contributed by atoms with Crippen molar-refractivity contribution in [3.05, 3.63) is 206 Å². The van der Waals surface area contributed by atoms with E-state index >= 15 is 0 Å². The van der Waals surface area contributed by atoms with Gasteiger partial charge in [0.05, 0.1) is 16.7 Å². The maximum atomic E-state index is 5.31. The first-order valence-corrected chi connectivity index (χ1v) is 18.5. The van der Waals surface area contributed by atoms with E-state index in [0.717, 1.165) is 66.8 Å². The van der Waals surface area contributed by atoms with Gasteiger partial charge in [-0.05, 0) is 52.1 Å². The summed E-state index contributed by atoms with van der Waals surface area (Å²) < 4.78 is 2.41. The molecule has 0 amide bonds. The maximum Gasteiger partial charge on any atom is 0.166 e. The van der Waals surface area contributed by atoms with Crippen LogP contribution in [0.25, 0.3) is 95.0 Å². The number of nitrogens with zero attached hydrogens (tertiary/aromatic N) is 4. The molecule has 0 fully saturated rings. The summed E-state index contributed by atoms with van der Waals surface area (Å²) >= 11 is 0. The molecule has 0 saturated carbocycles. The van der Waals surface area contributed by atoms with Crippen molar-refractivity contribution < 1.29 is 0 Å². The minimum atomic E-state index is 0.603. The van der Waals surface area contributed by atoms with Gasteiger partial charge < -0.3 is 4.57 Å². The zero-order valence-corrected chi connectivity index (χ0v) is 29.9. The molecule has 0 aliphatic carbocycles. The topological polar surface area (TPSA) is 43.6 Å². The molecule has 0 saturated heterocycles. The molecule has 0 N–H and O–H groups in total. The fourth-order valence-corrected chi connectivity index (χ4v) is 7.65. The highest BCUT2D eigenvalue weighted by atomic mass is 15.1. The van der Waals surface area contributed by atoms with Crippen molar-refractivity contribution in [1.82, 2.24) is 19.5 Å². The van der Waals surface area contributed by atoms with Crippen LogP contribution in [0.4, 0.5) is 0 Å². The van der Waals surface area contributed by atoms with Crippen LogP contribution in [0.3, 0.4) is 0 Å². The Morgan fingerprint density at radius 1 is 0.291 bits per heavy atom. The number of benzene rings is 8. The Morgan fingerprint density at radius 2 is 0.782 bits per heavy atom. The molecule has 2 aromatic heterocycles. The average molecular weight is 703 g/mol. The third-order valence-corrected chi connectivity index (χ3v) is 10.3. The molecular formula is C51H34N4. The molecule has 0 aliphatic heterocycles. The van der Waals surface area contributed by atoms with Crippen LogP contribution >= 0.6 is 0 Å². The van der Waals surface area contributed by atoms with E-state index in [0.29, 0.717) is 17.5 Å². The van der Waals surface area contributed by atoms with Gasteiger partial charge in [0.2, 0.25) is 0 Å². The van der Waals surface area contributed by atoms with Crippen molar-refractivity contribution in [2.75, 3.05) is 0 Å². The molecule has 10 aromatic rings. The molecule has 55 heavy (non-hydrogen) atoms. The summed E-state index contributed by atoms with van der Waals surface area (Å²) in [5, 5.41) is 2.37. The second kappa shape index (κ2) is 13.8. The maximum absolute atomic E-state index is 5.31. The summed E-state index contributed by atoms with van der Waals surface area (Å²) in [6.45, 7) is 0. The molecule has 0 radical (unpaired) electrons. The number of hydrogen-bond donors (Lipinski definition) is 0. The first-order valence-electron chi connectivity index (χ1n) is 18.5. The fourth-order valence-electron chi connectivity index (χ4n) is 7.65. The Hall–Kier alpha value is -7.43. The van der Waals surface area contributed by atoms with E-state index < -0.39 is 0 Å². The molecule has 10 rings (SSSR count). The smallest absolute Gasteiger partial charge is 0.166 e. The lowest BCUT2D eigenvalue weighted by atomic mass is 10.00. The van der Waals surface area contributed by atoms with E-state index in [-0.39, 0.29) is 0 Å². The highest BCUT2D eigenvalue weighted by molar-refractivity contribution is 6.14. The Bertz CT molecular complexity index is 2950. The molecule has 8 aromatic carbocycles. The fraction of sp³-hybridized carbons (Fsp3) is 0. The molecule has 0 unspecified atom stereocenters. The lowest BCUT2D eigenvalue weighted by molar-refractivity contribution is 1.06. The van der Waals surface area contributed by atoms with Crippen LogP contribution in [0.15, 0.2) is 206 Å². The second-order valence-corrected chi connectivity index (χ2v) is 13.6. The molecule has 2 heterocycles. The predicted molar refractivity (Wildman–Crippen MR) is 227 cm³/mol. The first-order chi connectivity index (χ1) is 27.3. The normalized spacial score (nSPS) is 11.3. The number of hydrogen-bond acceptors (Lipinski definition) is 3. The Kier molecular flexibility index (Phi) is 8.12. The van der Waals surface area contributed by atoms with Crippen LogP contribution in [0.1, 0.15) is 0 Å². The van der Waals surface area contributed by atoms with E-state index in [2.05, 4.69) is 187 Å². The lowest BCUT2D eigenvalue weighted by Crippen LogP contribution is -2.04. The van der Waals surface area contributed by atoms with Gasteiger partial charge in [-0.1, -0.05) is 182 Å². The third kappa shape index (κ3) is 5.96. The van der Waals surface area contributed by atoms with Gasteiger partial charge in [-0.2, -0.15) is 0 Å². The summed E-state index contributed by atoms with van der Waals surface area (Å²) in [4.78, 5) is 15.7. The van der Waals surface area contributed by atoms with E-state index in [1.54, 1.807) is 0 Å².